The Labute approximate surface area is 261 Å². The highest BCUT2D eigenvalue weighted by atomic mass is 28.4. The molecule has 1 aromatic heterocycles. The first kappa shape index (κ1) is 32.8. The fourth-order valence-electron chi connectivity index (χ4n) is 6.40. The number of alkyl halides is 1. The summed E-state index contributed by atoms with van der Waals surface area (Å²) in [5.74, 6) is -1.78. The normalized spacial score (nSPS) is 25.7. The number of benzene rings is 2. The molecule has 2 aliphatic rings. The smallest absolute Gasteiger partial charge is 0.261 e. The molecule has 10 heteroatoms. The van der Waals surface area contributed by atoms with Gasteiger partial charge < -0.3 is 28.5 Å². The van der Waals surface area contributed by atoms with E-state index in [1.54, 1.807) is 26.2 Å². The highest BCUT2D eigenvalue weighted by molar-refractivity contribution is 6.99. The standard InChI is InChI=1S/C34H45FN2O6Si/c1-32(2,3)44(24-14-10-8-11-15-24,25-16-12-9-13-17-25)39-22-29-28(40-33(4,5)41-29)18-23-20-37-26(21-36-23)30-31(27(38)19-35)43-34(6,7)42-30/h8-17,20-21,27-31,38H,18-19,22H2,1-7H3/t27-,28+,29-,30-,31-/m1/s1. The molecule has 2 aromatic carbocycles. The predicted octanol–water partition coefficient (Wildman–Crippen LogP) is 4.64. The lowest BCUT2D eigenvalue weighted by Crippen LogP contribution is -2.67. The summed E-state index contributed by atoms with van der Waals surface area (Å²) in [5, 5.41) is 12.4. The van der Waals surface area contributed by atoms with Crippen LogP contribution in [-0.4, -0.2) is 72.7 Å². The third-order valence-electron chi connectivity index (χ3n) is 8.26. The van der Waals surface area contributed by atoms with Crippen LogP contribution in [0, 0.1) is 0 Å². The van der Waals surface area contributed by atoms with Crippen LogP contribution in [0.4, 0.5) is 4.39 Å². The molecule has 0 bridgehead atoms. The van der Waals surface area contributed by atoms with E-state index in [2.05, 4.69) is 79.3 Å². The highest BCUT2D eigenvalue weighted by Gasteiger charge is 2.52. The number of hydrogen-bond donors (Lipinski definition) is 1. The Morgan fingerprint density at radius 1 is 0.841 bits per heavy atom. The Morgan fingerprint density at radius 2 is 1.41 bits per heavy atom. The van der Waals surface area contributed by atoms with Crippen molar-refractivity contribution in [2.45, 2.75) is 102 Å². The molecule has 3 aromatic rings. The molecule has 2 fully saturated rings. The molecule has 0 radical (unpaired) electrons. The summed E-state index contributed by atoms with van der Waals surface area (Å²) in [5.41, 5.74) is 1.17. The van der Waals surface area contributed by atoms with Gasteiger partial charge in [-0.3, -0.25) is 9.97 Å². The molecule has 0 amide bonds. The Hall–Kier alpha value is -2.57. The van der Waals surface area contributed by atoms with Crippen molar-refractivity contribution in [2.75, 3.05) is 13.3 Å². The van der Waals surface area contributed by atoms with Crippen molar-refractivity contribution in [1.82, 2.24) is 9.97 Å². The predicted molar refractivity (Wildman–Crippen MR) is 168 cm³/mol. The molecule has 3 heterocycles. The molecule has 1 N–H and O–H groups in total. The van der Waals surface area contributed by atoms with Gasteiger partial charge in [0.05, 0.1) is 30.3 Å². The van der Waals surface area contributed by atoms with Crippen molar-refractivity contribution in [2.24, 2.45) is 0 Å². The van der Waals surface area contributed by atoms with Crippen molar-refractivity contribution >= 4 is 18.7 Å². The average molecular weight is 625 g/mol. The van der Waals surface area contributed by atoms with E-state index < -0.39 is 44.9 Å². The molecule has 0 unspecified atom stereocenters. The molecule has 2 saturated heterocycles. The van der Waals surface area contributed by atoms with Crippen LogP contribution in [0.5, 0.6) is 0 Å². The van der Waals surface area contributed by atoms with E-state index >= 15 is 0 Å². The minimum Gasteiger partial charge on any atom is -0.405 e. The van der Waals surface area contributed by atoms with Crippen molar-refractivity contribution in [1.29, 1.82) is 0 Å². The summed E-state index contributed by atoms with van der Waals surface area (Å²) in [4.78, 5) is 9.21. The second kappa shape index (κ2) is 12.7. The minimum absolute atomic E-state index is 0.171. The third kappa shape index (κ3) is 6.82. The molecule has 238 valence electrons. The number of nitrogens with zero attached hydrogens (tertiary/aromatic N) is 2. The topological polar surface area (TPSA) is 92.2 Å². The SMILES string of the molecule is CC1(C)O[C@H]([C@H](O)CF)[C@@H](c2cnc(C[C@@H]3OC(C)(C)O[C@@H]3CO[Si](c3ccccc3)(c3ccccc3)C(C)(C)C)cn2)O1. The van der Waals surface area contributed by atoms with E-state index in [4.69, 9.17) is 23.4 Å². The van der Waals surface area contributed by atoms with Crippen LogP contribution in [0.3, 0.4) is 0 Å². The van der Waals surface area contributed by atoms with E-state index in [-0.39, 0.29) is 17.2 Å². The molecule has 8 nitrogen and oxygen atoms in total. The number of aromatic nitrogens is 2. The molecule has 2 aliphatic heterocycles. The number of aliphatic hydroxyl groups excluding tert-OH is 1. The van der Waals surface area contributed by atoms with E-state index in [0.717, 1.165) is 0 Å². The maximum absolute atomic E-state index is 13.3. The molecule has 5 atom stereocenters. The van der Waals surface area contributed by atoms with Crippen LogP contribution in [-0.2, 0) is 29.8 Å². The lowest BCUT2D eigenvalue weighted by Gasteiger charge is -2.43. The van der Waals surface area contributed by atoms with Gasteiger partial charge in [-0.05, 0) is 43.1 Å². The van der Waals surface area contributed by atoms with E-state index in [0.29, 0.717) is 24.4 Å². The minimum atomic E-state index is -2.77. The van der Waals surface area contributed by atoms with Crippen LogP contribution in [0.1, 0.15) is 66.0 Å². The first-order chi connectivity index (χ1) is 20.7. The van der Waals surface area contributed by atoms with Gasteiger partial charge >= 0.3 is 0 Å². The van der Waals surface area contributed by atoms with Crippen molar-refractivity contribution < 1.29 is 32.9 Å². The van der Waals surface area contributed by atoms with Gasteiger partial charge in [0.25, 0.3) is 8.32 Å². The molecule has 0 aliphatic carbocycles. The van der Waals surface area contributed by atoms with Gasteiger partial charge in [0.1, 0.15) is 31.1 Å². The number of hydrogen-bond acceptors (Lipinski definition) is 8. The first-order valence-electron chi connectivity index (χ1n) is 15.3. The summed E-state index contributed by atoms with van der Waals surface area (Å²) in [6, 6.07) is 21.0. The van der Waals surface area contributed by atoms with E-state index in [1.807, 2.05) is 26.0 Å². The molecule has 5 rings (SSSR count). The van der Waals surface area contributed by atoms with Crippen LogP contribution >= 0.6 is 0 Å². The van der Waals surface area contributed by atoms with Gasteiger partial charge in [0.2, 0.25) is 0 Å². The Morgan fingerprint density at radius 3 is 1.93 bits per heavy atom. The first-order valence-corrected chi connectivity index (χ1v) is 17.2. The van der Waals surface area contributed by atoms with E-state index in [1.165, 1.54) is 10.4 Å². The fraction of sp³-hybridized carbons (Fsp3) is 0.529. The van der Waals surface area contributed by atoms with Crippen LogP contribution < -0.4 is 10.4 Å². The Bertz CT molecular complexity index is 1330. The lowest BCUT2D eigenvalue weighted by atomic mass is 10.1. The van der Waals surface area contributed by atoms with Gasteiger partial charge in [-0.2, -0.15) is 0 Å². The lowest BCUT2D eigenvalue weighted by molar-refractivity contribution is -0.156. The summed E-state index contributed by atoms with van der Waals surface area (Å²) in [7, 11) is -2.77. The van der Waals surface area contributed by atoms with E-state index in [9.17, 15) is 9.50 Å². The quantitative estimate of drug-likeness (QED) is 0.327. The van der Waals surface area contributed by atoms with Gasteiger partial charge in [-0.15, -0.1) is 0 Å². The van der Waals surface area contributed by atoms with Gasteiger partial charge in [-0.25, -0.2) is 4.39 Å². The summed E-state index contributed by atoms with van der Waals surface area (Å²) in [6.07, 6.45) is 0.0929. The number of ether oxygens (including phenoxy) is 4. The van der Waals surface area contributed by atoms with Crippen LogP contribution in [0.15, 0.2) is 73.1 Å². The zero-order chi connectivity index (χ0) is 31.8. The Balaban J connectivity index is 1.37. The monoisotopic (exact) mass is 624 g/mol. The number of rotatable bonds is 10. The molecular formula is C34H45FN2O6Si. The number of halogens is 1. The molecule has 44 heavy (non-hydrogen) atoms. The van der Waals surface area contributed by atoms with Crippen molar-refractivity contribution in [3.63, 3.8) is 0 Å². The second-order valence-corrected chi connectivity index (χ2v) is 17.9. The van der Waals surface area contributed by atoms with Crippen molar-refractivity contribution in [3.05, 3.63) is 84.4 Å². The van der Waals surface area contributed by atoms with Crippen LogP contribution in [0.2, 0.25) is 5.04 Å². The summed E-state index contributed by atoms with van der Waals surface area (Å²) < 4.78 is 45.0. The molecular weight excluding hydrogens is 579 g/mol. The van der Waals surface area contributed by atoms with Gasteiger partial charge in [0.15, 0.2) is 11.6 Å². The van der Waals surface area contributed by atoms with Crippen molar-refractivity contribution in [3.8, 4) is 0 Å². The van der Waals surface area contributed by atoms with Gasteiger partial charge in [0, 0.05) is 12.6 Å². The largest absolute Gasteiger partial charge is 0.405 e. The average Bonchev–Trinajstić information content (AvgIpc) is 3.47. The fourth-order valence-corrected chi connectivity index (χ4v) is 11.0. The number of aliphatic hydroxyl groups is 1. The maximum Gasteiger partial charge on any atom is 0.261 e. The summed E-state index contributed by atoms with van der Waals surface area (Å²) >= 11 is 0. The molecule has 0 spiro atoms. The Kier molecular flexibility index (Phi) is 9.45. The zero-order valence-corrected chi connectivity index (χ0v) is 27.7. The maximum atomic E-state index is 13.3. The van der Waals surface area contributed by atoms with Gasteiger partial charge in [-0.1, -0.05) is 81.4 Å². The summed E-state index contributed by atoms with van der Waals surface area (Å²) in [6.45, 7) is 13.4. The third-order valence-corrected chi connectivity index (χ3v) is 13.3. The second-order valence-electron chi connectivity index (χ2n) is 13.6. The zero-order valence-electron chi connectivity index (χ0n) is 26.7. The molecule has 0 saturated carbocycles. The highest BCUT2D eigenvalue weighted by Crippen LogP contribution is 2.40. The van der Waals surface area contributed by atoms with Crippen LogP contribution in [0.25, 0.3) is 0 Å².